The van der Waals surface area contributed by atoms with Crippen LogP contribution in [0.4, 0.5) is 5.69 Å². The third-order valence-corrected chi connectivity index (χ3v) is 4.31. The normalized spacial score (nSPS) is 10.8. The van der Waals surface area contributed by atoms with Crippen LogP contribution >= 0.6 is 0 Å². The van der Waals surface area contributed by atoms with E-state index in [0.717, 1.165) is 12.1 Å². The molecule has 0 unspecified atom stereocenters. The Morgan fingerprint density at radius 3 is 2.62 bits per heavy atom. The van der Waals surface area contributed by atoms with Crippen LogP contribution in [0.3, 0.4) is 0 Å². The Hall–Kier alpha value is -2.95. The first-order chi connectivity index (χ1) is 12.7. The minimum atomic E-state index is -0.173. The van der Waals surface area contributed by atoms with Crippen molar-refractivity contribution in [2.45, 2.75) is 39.0 Å². The number of H-pyrrole nitrogens is 1. The summed E-state index contributed by atoms with van der Waals surface area (Å²) in [5.41, 5.74) is 2.54. The van der Waals surface area contributed by atoms with E-state index >= 15 is 0 Å². The maximum Gasteiger partial charge on any atom is 0.258 e. The lowest BCUT2D eigenvalue weighted by Gasteiger charge is -2.07. The topological polar surface area (TPSA) is 74.8 Å². The van der Waals surface area contributed by atoms with E-state index in [4.69, 9.17) is 0 Å². The summed E-state index contributed by atoms with van der Waals surface area (Å²) in [5, 5.41) is 3.45. The molecule has 0 saturated carbocycles. The van der Waals surface area contributed by atoms with E-state index in [1.807, 2.05) is 30.3 Å². The van der Waals surface area contributed by atoms with E-state index in [1.54, 1.807) is 18.2 Å². The zero-order chi connectivity index (χ0) is 18.4. The lowest BCUT2D eigenvalue weighted by Crippen LogP contribution is -2.16. The number of anilines is 1. The van der Waals surface area contributed by atoms with Gasteiger partial charge in [0, 0.05) is 18.5 Å². The summed E-state index contributed by atoms with van der Waals surface area (Å²) in [5.74, 6) is 0.431. The molecular weight excluding hydrogens is 326 g/mol. The second-order valence-corrected chi connectivity index (χ2v) is 6.38. The standard InChI is InChI=1S/C21H23N3O2/c1-2-3-6-15-9-11-16(12-10-15)22-20(25)14-13-19-23-18-8-5-4-7-17(18)21(26)24-19/h4-5,7-12H,2-3,6,13-14H2,1H3,(H,22,25)(H,23,24,26). The second kappa shape index (κ2) is 8.43. The first-order valence-electron chi connectivity index (χ1n) is 9.02. The van der Waals surface area contributed by atoms with Crippen LogP contribution in [0.1, 0.15) is 37.6 Å². The first-order valence-corrected chi connectivity index (χ1v) is 9.02. The smallest absolute Gasteiger partial charge is 0.258 e. The number of aryl methyl sites for hydroxylation is 2. The van der Waals surface area contributed by atoms with Gasteiger partial charge in [-0.25, -0.2) is 4.98 Å². The highest BCUT2D eigenvalue weighted by Gasteiger charge is 2.07. The molecule has 2 aromatic carbocycles. The molecule has 0 fully saturated rings. The number of hydrogen-bond acceptors (Lipinski definition) is 3. The summed E-state index contributed by atoms with van der Waals surface area (Å²) >= 11 is 0. The average Bonchev–Trinajstić information content (AvgIpc) is 2.66. The van der Waals surface area contributed by atoms with E-state index in [2.05, 4.69) is 22.2 Å². The van der Waals surface area contributed by atoms with Gasteiger partial charge < -0.3 is 10.3 Å². The highest BCUT2D eigenvalue weighted by molar-refractivity contribution is 5.90. The van der Waals surface area contributed by atoms with Crippen molar-refractivity contribution in [3.8, 4) is 0 Å². The number of benzene rings is 2. The summed E-state index contributed by atoms with van der Waals surface area (Å²) in [6, 6.07) is 15.1. The monoisotopic (exact) mass is 349 g/mol. The molecule has 5 heteroatoms. The summed E-state index contributed by atoms with van der Waals surface area (Å²) in [6.07, 6.45) is 4.05. The van der Waals surface area contributed by atoms with Gasteiger partial charge in [0.2, 0.25) is 5.91 Å². The van der Waals surface area contributed by atoms with Crippen molar-refractivity contribution in [3.63, 3.8) is 0 Å². The SMILES string of the molecule is CCCCc1ccc(NC(=O)CCc2nc3ccccc3c(=O)[nH]2)cc1. The fourth-order valence-electron chi connectivity index (χ4n) is 2.84. The molecule has 0 aliphatic carbocycles. The van der Waals surface area contributed by atoms with Gasteiger partial charge >= 0.3 is 0 Å². The minimum absolute atomic E-state index is 0.0953. The van der Waals surface area contributed by atoms with Gasteiger partial charge in [-0.2, -0.15) is 0 Å². The Labute approximate surface area is 152 Å². The number of aromatic nitrogens is 2. The maximum atomic E-state index is 12.2. The van der Waals surface area contributed by atoms with Crippen molar-refractivity contribution < 1.29 is 4.79 Å². The number of rotatable bonds is 7. The van der Waals surface area contributed by atoms with Crippen LogP contribution in [0.25, 0.3) is 10.9 Å². The van der Waals surface area contributed by atoms with Gasteiger partial charge in [-0.3, -0.25) is 9.59 Å². The number of carbonyl (C=O) groups is 1. The Kier molecular flexibility index (Phi) is 5.79. The molecule has 2 N–H and O–H groups in total. The van der Waals surface area contributed by atoms with Gasteiger partial charge in [-0.05, 0) is 42.7 Å². The van der Waals surface area contributed by atoms with Crippen molar-refractivity contribution in [2.75, 3.05) is 5.32 Å². The summed E-state index contributed by atoms with van der Waals surface area (Å²) < 4.78 is 0. The van der Waals surface area contributed by atoms with Crippen molar-refractivity contribution in [2.24, 2.45) is 0 Å². The van der Waals surface area contributed by atoms with Crippen LogP contribution in [0.5, 0.6) is 0 Å². The quantitative estimate of drug-likeness (QED) is 0.680. The largest absolute Gasteiger partial charge is 0.326 e. The van der Waals surface area contributed by atoms with Crippen LogP contribution in [0.2, 0.25) is 0 Å². The van der Waals surface area contributed by atoms with Crippen molar-refractivity contribution >= 4 is 22.5 Å². The molecule has 26 heavy (non-hydrogen) atoms. The molecule has 1 aromatic heterocycles. The fourth-order valence-corrected chi connectivity index (χ4v) is 2.84. The highest BCUT2D eigenvalue weighted by atomic mass is 16.1. The first kappa shape index (κ1) is 17.9. The number of aromatic amines is 1. The lowest BCUT2D eigenvalue weighted by molar-refractivity contribution is -0.116. The minimum Gasteiger partial charge on any atom is -0.326 e. The van der Waals surface area contributed by atoms with Crippen LogP contribution < -0.4 is 10.9 Å². The zero-order valence-electron chi connectivity index (χ0n) is 14.9. The summed E-state index contributed by atoms with van der Waals surface area (Å²) in [6.45, 7) is 2.17. The van der Waals surface area contributed by atoms with E-state index in [-0.39, 0.29) is 17.9 Å². The number of nitrogens with zero attached hydrogens (tertiary/aromatic N) is 1. The number of nitrogens with one attached hydrogen (secondary N) is 2. The van der Waals surface area contributed by atoms with Gasteiger partial charge in [-0.1, -0.05) is 37.6 Å². The highest BCUT2D eigenvalue weighted by Crippen LogP contribution is 2.12. The third kappa shape index (κ3) is 4.57. The van der Waals surface area contributed by atoms with E-state index in [9.17, 15) is 9.59 Å². The molecule has 3 aromatic rings. The number of fused-ring (bicyclic) bond motifs is 1. The number of amides is 1. The molecule has 1 heterocycles. The van der Waals surface area contributed by atoms with Gasteiger partial charge in [-0.15, -0.1) is 0 Å². The maximum absolute atomic E-state index is 12.2. The predicted octanol–water partition coefficient (Wildman–Crippen LogP) is 3.84. The molecule has 0 bridgehead atoms. The molecular formula is C21H23N3O2. The molecule has 0 spiro atoms. The molecule has 0 saturated heterocycles. The molecule has 1 amide bonds. The van der Waals surface area contributed by atoms with Crippen LogP contribution in [0, 0.1) is 0 Å². The lowest BCUT2D eigenvalue weighted by atomic mass is 10.1. The number of hydrogen-bond donors (Lipinski definition) is 2. The Morgan fingerprint density at radius 1 is 1.08 bits per heavy atom. The molecule has 0 aliphatic rings. The molecule has 0 atom stereocenters. The van der Waals surface area contributed by atoms with E-state index < -0.39 is 0 Å². The van der Waals surface area contributed by atoms with Crippen LogP contribution in [-0.2, 0) is 17.6 Å². The fraction of sp³-hybridized carbons (Fsp3) is 0.286. The Balaban J connectivity index is 1.58. The molecule has 0 aliphatic heterocycles. The average molecular weight is 349 g/mol. The molecule has 5 nitrogen and oxygen atoms in total. The van der Waals surface area contributed by atoms with Crippen molar-refractivity contribution in [3.05, 3.63) is 70.3 Å². The zero-order valence-corrected chi connectivity index (χ0v) is 14.9. The molecule has 134 valence electrons. The molecule has 3 rings (SSSR count). The van der Waals surface area contributed by atoms with E-state index in [0.29, 0.717) is 23.1 Å². The number of para-hydroxylation sites is 1. The second-order valence-electron chi connectivity index (χ2n) is 6.38. The molecule has 0 radical (unpaired) electrons. The van der Waals surface area contributed by atoms with Gasteiger partial charge in [0.25, 0.3) is 5.56 Å². The van der Waals surface area contributed by atoms with Gasteiger partial charge in [0.15, 0.2) is 0 Å². The van der Waals surface area contributed by atoms with Crippen molar-refractivity contribution in [1.29, 1.82) is 0 Å². The third-order valence-electron chi connectivity index (χ3n) is 4.31. The number of carbonyl (C=O) groups excluding carboxylic acids is 1. The van der Waals surface area contributed by atoms with Crippen molar-refractivity contribution in [1.82, 2.24) is 9.97 Å². The Bertz CT molecular complexity index is 945. The van der Waals surface area contributed by atoms with E-state index in [1.165, 1.54) is 18.4 Å². The predicted molar refractivity (Wildman–Crippen MR) is 104 cm³/mol. The van der Waals surface area contributed by atoms with Crippen LogP contribution in [-0.4, -0.2) is 15.9 Å². The summed E-state index contributed by atoms with van der Waals surface area (Å²) in [4.78, 5) is 31.4. The number of unbranched alkanes of at least 4 members (excludes halogenated alkanes) is 1. The summed E-state index contributed by atoms with van der Waals surface area (Å²) in [7, 11) is 0. The Morgan fingerprint density at radius 2 is 1.85 bits per heavy atom. The van der Waals surface area contributed by atoms with Gasteiger partial charge in [0.1, 0.15) is 5.82 Å². The van der Waals surface area contributed by atoms with Crippen LogP contribution in [0.15, 0.2) is 53.3 Å². The van der Waals surface area contributed by atoms with Gasteiger partial charge in [0.05, 0.1) is 10.9 Å².